The van der Waals surface area contributed by atoms with Crippen LogP contribution < -0.4 is 10.1 Å². The van der Waals surface area contributed by atoms with E-state index >= 15 is 0 Å². The Morgan fingerprint density at radius 2 is 1.67 bits per heavy atom. The van der Waals surface area contributed by atoms with Crippen LogP contribution in [0.1, 0.15) is 47.2 Å². The summed E-state index contributed by atoms with van der Waals surface area (Å²) in [4.78, 5) is 24.5. The maximum absolute atomic E-state index is 13.2. The van der Waals surface area contributed by atoms with E-state index in [0.717, 1.165) is 36.8 Å². The minimum atomic E-state index is -3.84. The summed E-state index contributed by atoms with van der Waals surface area (Å²) in [5.41, 5.74) is 2.09. The maximum atomic E-state index is 13.2. The van der Waals surface area contributed by atoms with Crippen molar-refractivity contribution in [3.63, 3.8) is 0 Å². The lowest BCUT2D eigenvalue weighted by Crippen LogP contribution is -2.32. The lowest BCUT2D eigenvalue weighted by molar-refractivity contribution is -0.124. The number of methoxy groups -OCH3 is 1. The first kappa shape index (κ1) is 24.7. The van der Waals surface area contributed by atoms with E-state index in [2.05, 4.69) is 5.32 Å². The van der Waals surface area contributed by atoms with Gasteiger partial charge in [0.05, 0.1) is 12.7 Å². The van der Waals surface area contributed by atoms with Crippen molar-refractivity contribution in [3.8, 4) is 5.75 Å². The molecule has 2 aromatic rings. The molecule has 1 saturated heterocycles. The smallest absolute Gasteiger partial charge is 0.338 e. The quantitative estimate of drug-likeness (QED) is 0.590. The van der Waals surface area contributed by atoms with Crippen LogP contribution in [0.5, 0.6) is 5.75 Å². The van der Waals surface area contributed by atoms with Gasteiger partial charge in [-0.3, -0.25) is 4.79 Å². The zero-order valence-electron chi connectivity index (χ0n) is 19.0. The van der Waals surface area contributed by atoms with Gasteiger partial charge < -0.3 is 14.8 Å². The monoisotopic (exact) mass is 474 g/mol. The Balaban J connectivity index is 1.65. The number of hydrogen-bond acceptors (Lipinski definition) is 6. The Kier molecular flexibility index (Phi) is 8.46. The van der Waals surface area contributed by atoms with Crippen molar-refractivity contribution in [1.29, 1.82) is 0 Å². The Labute approximate surface area is 194 Å². The van der Waals surface area contributed by atoms with Gasteiger partial charge in [-0.15, -0.1) is 0 Å². The summed E-state index contributed by atoms with van der Waals surface area (Å²) >= 11 is 0. The number of benzene rings is 2. The molecule has 1 aliphatic rings. The zero-order chi connectivity index (χ0) is 23.8. The maximum Gasteiger partial charge on any atom is 0.338 e. The Morgan fingerprint density at radius 3 is 2.30 bits per heavy atom. The highest BCUT2D eigenvalue weighted by molar-refractivity contribution is 7.89. The number of nitrogens with zero attached hydrogens (tertiary/aromatic N) is 1. The summed E-state index contributed by atoms with van der Waals surface area (Å²) < 4.78 is 38.2. The summed E-state index contributed by atoms with van der Waals surface area (Å²) in [6, 6.07) is 11.8. The molecule has 0 aromatic heterocycles. The average Bonchev–Trinajstić information content (AvgIpc) is 3.12. The topological polar surface area (TPSA) is 102 Å². The van der Waals surface area contributed by atoms with Crippen molar-refractivity contribution < 1.29 is 27.5 Å². The van der Waals surface area contributed by atoms with Gasteiger partial charge in [-0.2, -0.15) is 4.31 Å². The van der Waals surface area contributed by atoms with Crippen LogP contribution in [0.25, 0.3) is 0 Å². The van der Waals surface area contributed by atoms with Crippen molar-refractivity contribution in [1.82, 2.24) is 9.62 Å². The van der Waals surface area contributed by atoms with Crippen LogP contribution in [0.15, 0.2) is 47.4 Å². The van der Waals surface area contributed by atoms with E-state index in [4.69, 9.17) is 9.47 Å². The molecule has 1 amide bonds. The fourth-order valence-corrected chi connectivity index (χ4v) is 5.30. The molecular formula is C24H30N2O6S. The molecule has 2 aromatic carbocycles. The largest absolute Gasteiger partial charge is 0.495 e. The van der Waals surface area contributed by atoms with E-state index in [0.29, 0.717) is 19.6 Å². The number of carbonyl (C=O) groups excluding carboxylic acids is 2. The van der Waals surface area contributed by atoms with E-state index in [1.807, 2.05) is 31.2 Å². The van der Waals surface area contributed by atoms with Crippen LogP contribution in [-0.2, 0) is 26.1 Å². The van der Waals surface area contributed by atoms with Crippen LogP contribution in [0, 0.1) is 6.92 Å². The molecule has 1 fully saturated rings. The molecule has 178 valence electrons. The summed E-state index contributed by atoms with van der Waals surface area (Å²) in [6.07, 6.45) is 3.56. The fraction of sp³-hybridized carbons (Fsp3) is 0.417. The van der Waals surface area contributed by atoms with Crippen LogP contribution >= 0.6 is 0 Å². The minimum absolute atomic E-state index is 0.0375. The van der Waals surface area contributed by atoms with E-state index in [1.54, 1.807) is 0 Å². The van der Waals surface area contributed by atoms with Gasteiger partial charge in [-0.1, -0.05) is 42.7 Å². The van der Waals surface area contributed by atoms with E-state index in [-0.39, 0.29) is 16.2 Å². The summed E-state index contributed by atoms with van der Waals surface area (Å²) in [6.45, 7) is 2.69. The standard InChI is InChI=1S/C24H30N2O6S/c1-18-7-9-19(10-8-18)16-25-23(27)17-32-24(28)20-11-12-21(31-2)22(15-20)33(29,30)26-13-5-3-4-6-14-26/h7-12,15H,3-6,13-14,16-17H2,1-2H3,(H,25,27). The van der Waals surface area contributed by atoms with Crippen molar-refractivity contribution >= 4 is 21.9 Å². The lowest BCUT2D eigenvalue weighted by Gasteiger charge is -2.21. The molecule has 1 heterocycles. The number of hydrogen-bond donors (Lipinski definition) is 1. The number of aryl methyl sites for hydroxylation is 1. The predicted molar refractivity (Wildman–Crippen MR) is 124 cm³/mol. The second-order valence-electron chi connectivity index (χ2n) is 8.02. The number of sulfonamides is 1. The zero-order valence-corrected chi connectivity index (χ0v) is 19.8. The van der Waals surface area contributed by atoms with Gasteiger partial charge in [0.15, 0.2) is 6.61 Å². The molecule has 3 rings (SSSR count). The second-order valence-corrected chi connectivity index (χ2v) is 9.93. The van der Waals surface area contributed by atoms with Crippen molar-refractivity contribution in [3.05, 3.63) is 59.2 Å². The molecule has 1 N–H and O–H groups in total. The third-order valence-corrected chi connectivity index (χ3v) is 7.45. The molecular weight excluding hydrogens is 444 g/mol. The van der Waals surface area contributed by atoms with Gasteiger partial charge in [0.25, 0.3) is 5.91 Å². The van der Waals surface area contributed by atoms with E-state index in [1.165, 1.54) is 29.6 Å². The molecule has 8 nitrogen and oxygen atoms in total. The van der Waals surface area contributed by atoms with Gasteiger partial charge in [-0.25, -0.2) is 13.2 Å². The van der Waals surface area contributed by atoms with Crippen molar-refractivity contribution in [2.75, 3.05) is 26.8 Å². The third-order valence-electron chi connectivity index (χ3n) is 5.53. The molecule has 0 radical (unpaired) electrons. The molecule has 0 unspecified atom stereocenters. The van der Waals surface area contributed by atoms with Crippen molar-refractivity contribution in [2.24, 2.45) is 0 Å². The average molecular weight is 475 g/mol. The van der Waals surface area contributed by atoms with Gasteiger partial charge in [0.1, 0.15) is 10.6 Å². The summed E-state index contributed by atoms with van der Waals surface area (Å²) in [5, 5.41) is 2.69. The van der Waals surface area contributed by atoms with Crippen LogP contribution in [0.4, 0.5) is 0 Å². The highest BCUT2D eigenvalue weighted by atomic mass is 32.2. The number of rotatable bonds is 8. The minimum Gasteiger partial charge on any atom is -0.495 e. The molecule has 0 aliphatic carbocycles. The number of nitrogens with one attached hydrogen (secondary N) is 1. The SMILES string of the molecule is COc1ccc(C(=O)OCC(=O)NCc2ccc(C)cc2)cc1S(=O)(=O)N1CCCCCC1. The van der Waals surface area contributed by atoms with E-state index < -0.39 is 28.5 Å². The number of esters is 1. The van der Waals surface area contributed by atoms with Crippen LogP contribution in [0.2, 0.25) is 0 Å². The van der Waals surface area contributed by atoms with E-state index in [9.17, 15) is 18.0 Å². The normalized spacial score (nSPS) is 14.8. The molecule has 33 heavy (non-hydrogen) atoms. The second kappa shape index (κ2) is 11.3. The molecule has 0 atom stereocenters. The summed E-state index contributed by atoms with van der Waals surface area (Å²) in [7, 11) is -2.45. The molecule has 0 bridgehead atoms. The van der Waals surface area contributed by atoms with Gasteiger partial charge in [0, 0.05) is 19.6 Å². The highest BCUT2D eigenvalue weighted by Crippen LogP contribution is 2.29. The Bertz CT molecular complexity index is 1070. The van der Waals surface area contributed by atoms with Gasteiger partial charge in [0.2, 0.25) is 10.0 Å². The first-order chi connectivity index (χ1) is 15.8. The number of ether oxygens (including phenoxy) is 2. The lowest BCUT2D eigenvalue weighted by atomic mass is 10.1. The first-order valence-electron chi connectivity index (χ1n) is 11.0. The molecule has 1 aliphatic heterocycles. The number of amides is 1. The Hall–Kier alpha value is -2.91. The number of carbonyl (C=O) groups is 2. The fourth-order valence-electron chi connectivity index (χ4n) is 3.60. The summed E-state index contributed by atoms with van der Waals surface area (Å²) in [5.74, 6) is -1.07. The van der Waals surface area contributed by atoms with Crippen molar-refractivity contribution in [2.45, 2.75) is 44.0 Å². The highest BCUT2D eigenvalue weighted by Gasteiger charge is 2.29. The van der Waals surface area contributed by atoms with Gasteiger partial charge in [-0.05, 0) is 43.5 Å². The predicted octanol–water partition coefficient (Wildman–Crippen LogP) is 3.04. The van der Waals surface area contributed by atoms with Crippen LogP contribution in [0.3, 0.4) is 0 Å². The van der Waals surface area contributed by atoms with Crippen LogP contribution in [-0.4, -0.2) is 51.4 Å². The first-order valence-corrected chi connectivity index (χ1v) is 12.4. The third kappa shape index (κ3) is 6.55. The molecule has 0 saturated carbocycles. The van der Waals surface area contributed by atoms with Gasteiger partial charge >= 0.3 is 5.97 Å². The molecule has 0 spiro atoms. The Morgan fingerprint density at radius 1 is 1.00 bits per heavy atom. The molecule has 9 heteroatoms.